The van der Waals surface area contributed by atoms with Crippen LogP contribution in [0.5, 0.6) is 5.75 Å². The molecule has 1 heterocycles. The van der Waals surface area contributed by atoms with Gasteiger partial charge in [-0.1, -0.05) is 18.2 Å². The first-order chi connectivity index (χ1) is 11.6. The lowest BCUT2D eigenvalue weighted by Crippen LogP contribution is -2.35. The average molecular weight is 324 g/mol. The number of nitrogens with zero attached hydrogens (tertiary/aromatic N) is 1. The van der Waals surface area contributed by atoms with E-state index in [-0.39, 0.29) is 5.91 Å². The molecule has 2 aromatic rings. The Morgan fingerprint density at radius 3 is 2.62 bits per heavy atom. The Bertz CT molecular complexity index is 744. The SMILES string of the molecule is Cc1cc(NC(=O)Oc2ccccc2)ccc1N1CCCCC1=O. The standard InChI is InChI=1S/C19H20N2O3/c1-14-13-15(20-19(23)24-16-7-3-2-4-8-16)10-11-17(14)21-12-6-5-9-18(21)22/h2-4,7-8,10-11,13H,5-6,9,12H2,1H3,(H,20,23). The summed E-state index contributed by atoms with van der Waals surface area (Å²) in [5, 5.41) is 2.71. The number of carbonyl (C=O) groups excluding carboxylic acids is 2. The molecule has 3 rings (SSSR count). The van der Waals surface area contributed by atoms with Crippen LogP contribution in [0.3, 0.4) is 0 Å². The number of rotatable bonds is 3. The fourth-order valence-electron chi connectivity index (χ4n) is 2.84. The van der Waals surface area contributed by atoms with Crippen molar-refractivity contribution in [2.24, 2.45) is 0 Å². The van der Waals surface area contributed by atoms with E-state index in [1.54, 1.807) is 30.3 Å². The summed E-state index contributed by atoms with van der Waals surface area (Å²) in [5.41, 5.74) is 2.49. The van der Waals surface area contributed by atoms with Gasteiger partial charge in [0.1, 0.15) is 5.75 Å². The van der Waals surface area contributed by atoms with Crippen molar-refractivity contribution in [3.63, 3.8) is 0 Å². The highest BCUT2D eigenvalue weighted by molar-refractivity contribution is 5.95. The molecule has 1 saturated heterocycles. The van der Waals surface area contributed by atoms with E-state index in [1.807, 2.05) is 30.0 Å². The quantitative estimate of drug-likeness (QED) is 0.924. The second-order valence-electron chi connectivity index (χ2n) is 5.83. The van der Waals surface area contributed by atoms with E-state index in [9.17, 15) is 9.59 Å². The highest BCUT2D eigenvalue weighted by Gasteiger charge is 2.21. The summed E-state index contributed by atoms with van der Waals surface area (Å²) in [6, 6.07) is 14.4. The van der Waals surface area contributed by atoms with Gasteiger partial charge in [0.25, 0.3) is 0 Å². The zero-order valence-corrected chi connectivity index (χ0v) is 13.6. The van der Waals surface area contributed by atoms with Crippen LogP contribution in [0.15, 0.2) is 48.5 Å². The lowest BCUT2D eigenvalue weighted by molar-refractivity contribution is -0.119. The second kappa shape index (κ2) is 7.17. The van der Waals surface area contributed by atoms with Gasteiger partial charge in [0.05, 0.1) is 0 Å². The van der Waals surface area contributed by atoms with Crippen molar-refractivity contribution >= 4 is 23.4 Å². The maximum atomic E-state index is 12.0. The third kappa shape index (κ3) is 3.74. The zero-order valence-electron chi connectivity index (χ0n) is 13.6. The molecule has 0 saturated carbocycles. The molecular formula is C19H20N2O3. The number of hydrogen-bond acceptors (Lipinski definition) is 3. The second-order valence-corrected chi connectivity index (χ2v) is 5.83. The average Bonchev–Trinajstić information content (AvgIpc) is 2.57. The summed E-state index contributed by atoms with van der Waals surface area (Å²) in [6.45, 7) is 2.69. The molecule has 2 amide bonds. The van der Waals surface area contributed by atoms with E-state index in [1.165, 1.54) is 0 Å². The molecule has 5 nitrogen and oxygen atoms in total. The third-order valence-corrected chi connectivity index (χ3v) is 4.01. The van der Waals surface area contributed by atoms with Crippen LogP contribution in [-0.4, -0.2) is 18.5 Å². The summed E-state index contributed by atoms with van der Waals surface area (Å²) in [5.74, 6) is 0.649. The van der Waals surface area contributed by atoms with Crippen molar-refractivity contribution in [1.29, 1.82) is 0 Å². The van der Waals surface area contributed by atoms with Gasteiger partial charge >= 0.3 is 6.09 Å². The number of hydrogen-bond donors (Lipinski definition) is 1. The lowest BCUT2D eigenvalue weighted by Gasteiger charge is -2.28. The van der Waals surface area contributed by atoms with E-state index in [0.717, 1.165) is 30.6 Å². The topological polar surface area (TPSA) is 58.6 Å². The van der Waals surface area contributed by atoms with Gasteiger partial charge in [-0.05, 0) is 55.7 Å². The van der Waals surface area contributed by atoms with Gasteiger partial charge in [-0.25, -0.2) is 4.79 Å². The summed E-state index contributed by atoms with van der Waals surface area (Å²) in [4.78, 5) is 25.8. The monoisotopic (exact) mass is 324 g/mol. The molecule has 0 atom stereocenters. The number of anilines is 2. The Hall–Kier alpha value is -2.82. The van der Waals surface area contributed by atoms with Gasteiger partial charge in [-0.15, -0.1) is 0 Å². The zero-order chi connectivity index (χ0) is 16.9. The van der Waals surface area contributed by atoms with Crippen molar-refractivity contribution < 1.29 is 14.3 Å². The molecule has 1 aliphatic rings. The summed E-state index contributed by atoms with van der Waals surface area (Å²) < 4.78 is 5.21. The Balaban J connectivity index is 1.68. The highest BCUT2D eigenvalue weighted by atomic mass is 16.6. The van der Waals surface area contributed by atoms with Crippen molar-refractivity contribution in [2.75, 3.05) is 16.8 Å². The van der Waals surface area contributed by atoms with Gasteiger partial charge < -0.3 is 9.64 Å². The van der Waals surface area contributed by atoms with Crippen LogP contribution in [0.4, 0.5) is 16.2 Å². The smallest absolute Gasteiger partial charge is 0.410 e. The number of para-hydroxylation sites is 1. The Kier molecular flexibility index (Phi) is 4.79. The van der Waals surface area contributed by atoms with Crippen LogP contribution in [0.2, 0.25) is 0 Å². The molecule has 0 spiro atoms. The predicted octanol–water partition coefficient (Wildman–Crippen LogP) is 4.12. The van der Waals surface area contributed by atoms with Crippen LogP contribution >= 0.6 is 0 Å². The van der Waals surface area contributed by atoms with Gasteiger partial charge in [-0.3, -0.25) is 10.1 Å². The summed E-state index contributed by atoms with van der Waals surface area (Å²) in [7, 11) is 0. The van der Waals surface area contributed by atoms with Gasteiger partial charge in [0.2, 0.25) is 5.91 Å². The first-order valence-electron chi connectivity index (χ1n) is 8.08. The fraction of sp³-hybridized carbons (Fsp3) is 0.263. The molecular weight excluding hydrogens is 304 g/mol. The predicted molar refractivity (Wildman–Crippen MR) is 93.5 cm³/mol. The van der Waals surface area contributed by atoms with Crippen LogP contribution in [0.1, 0.15) is 24.8 Å². The Labute approximate surface area is 141 Å². The molecule has 2 aromatic carbocycles. The first-order valence-corrected chi connectivity index (χ1v) is 8.08. The van der Waals surface area contributed by atoms with Crippen molar-refractivity contribution in [1.82, 2.24) is 0 Å². The van der Waals surface area contributed by atoms with E-state index in [2.05, 4.69) is 5.32 Å². The number of nitrogens with one attached hydrogen (secondary N) is 1. The summed E-state index contributed by atoms with van der Waals surface area (Å²) >= 11 is 0. The number of aryl methyl sites for hydroxylation is 1. The van der Waals surface area contributed by atoms with E-state index in [0.29, 0.717) is 17.9 Å². The van der Waals surface area contributed by atoms with Gasteiger partial charge in [-0.2, -0.15) is 0 Å². The maximum Gasteiger partial charge on any atom is 0.417 e. The molecule has 0 aromatic heterocycles. The van der Waals surface area contributed by atoms with Crippen LogP contribution in [-0.2, 0) is 4.79 Å². The minimum absolute atomic E-state index is 0.161. The molecule has 5 heteroatoms. The molecule has 24 heavy (non-hydrogen) atoms. The van der Waals surface area contributed by atoms with Crippen molar-refractivity contribution in [3.8, 4) is 5.75 Å². The molecule has 0 aliphatic carbocycles. The molecule has 1 fully saturated rings. The highest BCUT2D eigenvalue weighted by Crippen LogP contribution is 2.27. The number of ether oxygens (including phenoxy) is 1. The van der Waals surface area contributed by atoms with Crippen molar-refractivity contribution in [2.45, 2.75) is 26.2 Å². The molecule has 1 N–H and O–H groups in total. The minimum Gasteiger partial charge on any atom is -0.410 e. The number of amides is 2. The Morgan fingerprint density at radius 1 is 1.12 bits per heavy atom. The molecule has 1 aliphatic heterocycles. The van der Waals surface area contributed by atoms with E-state index >= 15 is 0 Å². The molecule has 0 radical (unpaired) electrons. The summed E-state index contributed by atoms with van der Waals surface area (Å²) in [6.07, 6.45) is 2.04. The van der Waals surface area contributed by atoms with Crippen LogP contribution < -0.4 is 15.0 Å². The largest absolute Gasteiger partial charge is 0.417 e. The molecule has 0 bridgehead atoms. The number of benzene rings is 2. The van der Waals surface area contributed by atoms with E-state index in [4.69, 9.17) is 4.74 Å². The Morgan fingerprint density at radius 2 is 1.92 bits per heavy atom. The molecule has 124 valence electrons. The van der Waals surface area contributed by atoms with Crippen LogP contribution in [0, 0.1) is 6.92 Å². The normalized spacial score (nSPS) is 14.4. The van der Waals surface area contributed by atoms with Crippen LogP contribution in [0.25, 0.3) is 0 Å². The third-order valence-electron chi connectivity index (χ3n) is 4.01. The van der Waals surface area contributed by atoms with E-state index < -0.39 is 6.09 Å². The van der Waals surface area contributed by atoms with Gasteiger partial charge in [0, 0.05) is 24.3 Å². The number of piperidine rings is 1. The van der Waals surface area contributed by atoms with Crippen molar-refractivity contribution in [3.05, 3.63) is 54.1 Å². The molecule has 0 unspecified atom stereocenters. The number of carbonyl (C=O) groups is 2. The fourth-order valence-corrected chi connectivity index (χ4v) is 2.84. The lowest BCUT2D eigenvalue weighted by atomic mass is 10.1. The van der Waals surface area contributed by atoms with Gasteiger partial charge in [0.15, 0.2) is 0 Å². The first kappa shape index (κ1) is 16.1. The minimum atomic E-state index is -0.539. The maximum absolute atomic E-state index is 12.0.